The maximum absolute atomic E-state index is 13.5. The summed E-state index contributed by atoms with van der Waals surface area (Å²) in [5.41, 5.74) is 2.26. The van der Waals surface area contributed by atoms with Crippen LogP contribution in [0.1, 0.15) is 5.56 Å². The molecule has 0 radical (unpaired) electrons. The van der Waals surface area contributed by atoms with E-state index >= 15 is 0 Å². The van der Waals surface area contributed by atoms with E-state index < -0.39 is 16.6 Å². The number of hydrogen-bond donors (Lipinski definition) is 2. The summed E-state index contributed by atoms with van der Waals surface area (Å²) in [5.74, 6) is 3.60. The van der Waals surface area contributed by atoms with Gasteiger partial charge in [-0.2, -0.15) is 9.37 Å². The van der Waals surface area contributed by atoms with Gasteiger partial charge >= 0.3 is 5.69 Å². The van der Waals surface area contributed by atoms with Crippen LogP contribution in [0.5, 0.6) is 11.6 Å². The minimum Gasteiger partial charge on any atom is -0.429 e. The molecular weight excluding hydrogens is 269 g/mol. The van der Waals surface area contributed by atoms with Crippen LogP contribution in [0.15, 0.2) is 24.4 Å². The molecule has 104 valence electrons. The predicted octanol–water partition coefficient (Wildman–Crippen LogP) is 1.91. The zero-order valence-electron chi connectivity index (χ0n) is 10.3. The summed E-state index contributed by atoms with van der Waals surface area (Å²) in [4.78, 5) is 17.6. The number of halogens is 1. The molecule has 0 atom stereocenters. The average Bonchev–Trinajstić information content (AvgIpc) is 2.41. The van der Waals surface area contributed by atoms with Gasteiger partial charge in [0, 0.05) is 5.56 Å². The highest BCUT2D eigenvalue weighted by Gasteiger charge is 2.20. The van der Waals surface area contributed by atoms with E-state index in [9.17, 15) is 14.5 Å². The summed E-state index contributed by atoms with van der Waals surface area (Å²) in [6.45, 7) is 1.55. The van der Waals surface area contributed by atoms with Crippen molar-refractivity contribution in [3.8, 4) is 11.6 Å². The van der Waals surface area contributed by atoms with Crippen molar-refractivity contribution in [1.82, 2.24) is 9.97 Å². The van der Waals surface area contributed by atoms with Crippen molar-refractivity contribution < 1.29 is 14.1 Å². The lowest BCUT2D eigenvalue weighted by atomic mass is 10.2. The van der Waals surface area contributed by atoms with Gasteiger partial charge in [-0.1, -0.05) is 12.1 Å². The van der Waals surface area contributed by atoms with E-state index in [2.05, 4.69) is 15.4 Å². The van der Waals surface area contributed by atoms with Crippen molar-refractivity contribution >= 4 is 11.6 Å². The molecule has 0 aliphatic heterocycles. The third-order valence-corrected chi connectivity index (χ3v) is 2.43. The van der Waals surface area contributed by atoms with Crippen molar-refractivity contribution in [2.45, 2.75) is 6.92 Å². The summed E-state index contributed by atoms with van der Waals surface area (Å²) >= 11 is 0. The Bertz CT molecular complexity index is 665. The first kappa shape index (κ1) is 13.6. The van der Waals surface area contributed by atoms with Gasteiger partial charge in [-0.25, -0.2) is 10.8 Å². The number of nitrogens with one attached hydrogen (secondary N) is 1. The Hall–Kier alpha value is -2.81. The number of para-hydroxylation sites is 1. The van der Waals surface area contributed by atoms with Crippen LogP contribution >= 0.6 is 0 Å². The largest absolute Gasteiger partial charge is 0.429 e. The summed E-state index contributed by atoms with van der Waals surface area (Å²) in [6, 6.07) is 4.45. The number of benzene rings is 1. The van der Waals surface area contributed by atoms with Crippen molar-refractivity contribution in [2.24, 2.45) is 5.84 Å². The van der Waals surface area contributed by atoms with E-state index in [1.807, 2.05) is 0 Å². The highest BCUT2D eigenvalue weighted by atomic mass is 19.1. The SMILES string of the molecule is Cc1cccc(Oc2nc(NN)ncc2F)c1[N+](=O)[O-]. The molecular formula is C11H10FN5O3. The Morgan fingerprint density at radius 3 is 2.90 bits per heavy atom. The number of hydrazine groups is 1. The number of aromatic nitrogens is 2. The molecule has 1 aromatic heterocycles. The number of nitrogens with zero attached hydrogens (tertiary/aromatic N) is 3. The zero-order valence-corrected chi connectivity index (χ0v) is 10.3. The fraction of sp³-hybridized carbons (Fsp3) is 0.0909. The van der Waals surface area contributed by atoms with E-state index in [1.54, 1.807) is 19.1 Å². The number of anilines is 1. The molecule has 0 aliphatic carbocycles. The standard InChI is InChI=1S/C11H10FN5O3/c1-6-3-2-4-8(9(6)17(18)19)20-10-7(12)5-14-11(15-10)16-13/h2-5H,13H2,1H3,(H,14,15,16). The number of nitrogen functional groups attached to an aromatic ring is 1. The molecule has 0 amide bonds. The lowest BCUT2D eigenvalue weighted by molar-refractivity contribution is -0.386. The summed E-state index contributed by atoms with van der Waals surface area (Å²) < 4.78 is 18.7. The summed E-state index contributed by atoms with van der Waals surface area (Å²) in [6.07, 6.45) is 0.846. The number of rotatable bonds is 4. The smallest absolute Gasteiger partial charge is 0.314 e. The summed E-state index contributed by atoms with van der Waals surface area (Å²) in [7, 11) is 0. The molecule has 0 fully saturated rings. The van der Waals surface area contributed by atoms with Gasteiger partial charge in [-0.15, -0.1) is 0 Å². The molecule has 2 aromatic rings. The number of hydrogen-bond acceptors (Lipinski definition) is 7. The van der Waals surface area contributed by atoms with Gasteiger partial charge in [0.1, 0.15) is 0 Å². The highest BCUT2D eigenvalue weighted by molar-refractivity contribution is 5.53. The molecule has 0 unspecified atom stereocenters. The van der Waals surface area contributed by atoms with Crippen LogP contribution in [-0.4, -0.2) is 14.9 Å². The fourth-order valence-electron chi connectivity index (χ4n) is 1.55. The molecule has 0 spiro atoms. The minimum absolute atomic E-state index is 0.0725. The first-order valence-electron chi connectivity index (χ1n) is 5.44. The maximum atomic E-state index is 13.5. The number of nitrogens with two attached hydrogens (primary N) is 1. The van der Waals surface area contributed by atoms with Gasteiger partial charge in [-0.3, -0.25) is 15.5 Å². The molecule has 0 bridgehead atoms. The normalized spacial score (nSPS) is 10.2. The first-order valence-corrected chi connectivity index (χ1v) is 5.44. The number of ether oxygens (including phenoxy) is 1. The van der Waals surface area contributed by atoms with Crippen molar-refractivity contribution in [2.75, 3.05) is 5.43 Å². The molecule has 2 rings (SSSR count). The Kier molecular flexibility index (Phi) is 3.71. The van der Waals surface area contributed by atoms with Gasteiger partial charge in [0.05, 0.1) is 11.1 Å². The number of nitro benzene ring substituents is 1. The second-order valence-electron chi connectivity index (χ2n) is 3.77. The average molecular weight is 279 g/mol. The van der Waals surface area contributed by atoms with E-state index in [-0.39, 0.29) is 17.4 Å². The maximum Gasteiger partial charge on any atom is 0.314 e. The third-order valence-electron chi connectivity index (χ3n) is 2.43. The molecule has 0 saturated heterocycles. The van der Waals surface area contributed by atoms with Gasteiger partial charge in [-0.05, 0) is 13.0 Å². The quantitative estimate of drug-likeness (QED) is 0.498. The fourth-order valence-corrected chi connectivity index (χ4v) is 1.55. The number of aryl methyl sites for hydroxylation is 1. The monoisotopic (exact) mass is 279 g/mol. The minimum atomic E-state index is -0.861. The zero-order chi connectivity index (χ0) is 14.7. The third kappa shape index (κ3) is 2.62. The van der Waals surface area contributed by atoms with Crippen LogP contribution in [0.4, 0.5) is 16.0 Å². The molecule has 0 aliphatic rings. The lowest BCUT2D eigenvalue weighted by Crippen LogP contribution is -2.11. The van der Waals surface area contributed by atoms with Gasteiger partial charge in [0.25, 0.3) is 5.88 Å². The van der Waals surface area contributed by atoms with Crippen molar-refractivity contribution in [1.29, 1.82) is 0 Å². The first-order chi connectivity index (χ1) is 9.52. The van der Waals surface area contributed by atoms with E-state index in [0.29, 0.717) is 5.56 Å². The van der Waals surface area contributed by atoms with Gasteiger partial charge in [0.15, 0.2) is 0 Å². The topological polar surface area (TPSA) is 116 Å². The highest BCUT2D eigenvalue weighted by Crippen LogP contribution is 2.34. The molecule has 20 heavy (non-hydrogen) atoms. The Labute approximate surface area is 112 Å². The second-order valence-corrected chi connectivity index (χ2v) is 3.77. The Balaban J connectivity index is 2.45. The number of nitro groups is 1. The summed E-state index contributed by atoms with van der Waals surface area (Å²) in [5, 5.41) is 11.0. The lowest BCUT2D eigenvalue weighted by Gasteiger charge is -2.08. The molecule has 8 nitrogen and oxygen atoms in total. The van der Waals surface area contributed by atoms with Crippen LogP contribution in [0.3, 0.4) is 0 Å². The van der Waals surface area contributed by atoms with Gasteiger partial charge in [0.2, 0.25) is 17.5 Å². The van der Waals surface area contributed by atoms with E-state index in [1.165, 1.54) is 6.07 Å². The molecule has 0 saturated carbocycles. The second kappa shape index (κ2) is 5.45. The van der Waals surface area contributed by atoms with Gasteiger partial charge < -0.3 is 4.74 Å². The van der Waals surface area contributed by atoms with Crippen molar-refractivity contribution in [3.63, 3.8) is 0 Å². The molecule has 3 N–H and O–H groups in total. The van der Waals surface area contributed by atoms with Crippen LogP contribution in [0.2, 0.25) is 0 Å². The van der Waals surface area contributed by atoms with Crippen LogP contribution in [0.25, 0.3) is 0 Å². The van der Waals surface area contributed by atoms with Crippen LogP contribution < -0.4 is 16.0 Å². The van der Waals surface area contributed by atoms with E-state index in [0.717, 1.165) is 6.20 Å². The van der Waals surface area contributed by atoms with Crippen LogP contribution in [-0.2, 0) is 0 Å². The Morgan fingerprint density at radius 1 is 1.50 bits per heavy atom. The predicted molar refractivity (Wildman–Crippen MR) is 67.7 cm³/mol. The Morgan fingerprint density at radius 2 is 2.25 bits per heavy atom. The molecule has 9 heteroatoms. The van der Waals surface area contributed by atoms with E-state index in [4.69, 9.17) is 10.6 Å². The van der Waals surface area contributed by atoms with Crippen LogP contribution in [0, 0.1) is 22.9 Å². The molecule has 1 aromatic carbocycles. The molecule has 1 heterocycles. The van der Waals surface area contributed by atoms with Crippen molar-refractivity contribution in [3.05, 3.63) is 45.9 Å².